The second-order valence-corrected chi connectivity index (χ2v) is 5.29. The van der Waals surface area contributed by atoms with Crippen molar-refractivity contribution < 1.29 is 0 Å². The molecule has 1 aromatic heterocycles. The van der Waals surface area contributed by atoms with Crippen LogP contribution in [0.25, 0.3) is 16.6 Å². The summed E-state index contributed by atoms with van der Waals surface area (Å²) in [6.07, 6.45) is 1.69. The molecule has 0 amide bonds. The Balaban J connectivity index is 1.91. The standard InChI is InChI=1S/C18H16N4/c1-12-7-13(2)9-15(8-12)20-11-14(10-19)18-21-16-5-3-4-6-17(16)22-18/h3-9,11,20H,1-2H3,(H,21,22). The molecule has 0 fully saturated rings. The highest BCUT2D eigenvalue weighted by Crippen LogP contribution is 2.18. The number of aryl methyl sites for hydroxylation is 2. The summed E-state index contributed by atoms with van der Waals surface area (Å²) in [5, 5.41) is 12.5. The van der Waals surface area contributed by atoms with Crippen LogP contribution >= 0.6 is 0 Å². The van der Waals surface area contributed by atoms with Gasteiger partial charge in [0.1, 0.15) is 11.6 Å². The molecule has 0 unspecified atom stereocenters. The van der Waals surface area contributed by atoms with Gasteiger partial charge in [0, 0.05) is 11.9 Å². The smallest absolute Gasteiger partial charge is 0.150 e. The number of fused-ring (bicyclic) bond motifs is 1. The molecule has 3 aromatic rings. The van der Waals surface area contributed by atoms with Crippen molar-refractivity contribution >= 4 is 22.3 Å². The SMILES string of the molecule is Cc1cc(C)cc(NC=C(C#N)c2nc3ccccc3[nH]2)c1. The van der Waals surface area contributed by atoms with E-state index >= 15 is 0 Å². The van der Waals surface area contributed by atoms with E-state index in [0.717, 1.165) is 16.7 Å². The van der Waals surface area contributed by atoms with E-state index in [0.29, 0.717) is 11.4 Å². The molecule has 1 heterocycles. The summed E-state index contributed by atoms with van der Waals surface area (Å²) in [6.45, 7) is 4.10. The zero-order valence-electron chi connectivity index (χ0n) is 12.5. The highest BCUT2D eigenvalue weighted by Gasteiger charge is 2.07. The number of rotatable bonds is 3. The van der Waals surface area contributed by atoms with Crippen LogP contribution in [-0.4, -0.2) is 9.97 Å². The number of nitrogens with zero attached hydrogens (tertiary/aromatic N) is 2. The summed E-state index contributed by atoms with van der Waals surface area (Å²) < 4.78 is 0. The molecule has 0 bridgehead atoms. The second-order valence-electron chi connectivity index (χ2n) is 5.29. The van der Waals surface area contributed by atoms with Gasteiger partial charge in [0.2, 0.25) is 0 Å². The first-order chi connectivity index (χ1) is 10.7. The number of aromatic nitrogens is 2. The van der Waals surface area contributed by atoms with Crippen LogP contribution in [-0.2, 0) is 0 Å². The van der Waals surface area contributed by atoms with Crippen LogP contribution < -0.4 is 5.32 Å². The van der Waals surface area contributed by atoms with E-state index in [2.05, 4.69) is 27.4 Å². The summed E-state index contributed by atoms with van der Waals surface area (Å²) in [4.78, 5) is 7.61. The van der Waals surface area contributed by atoms with Crippen molar-refractivity contribution in [2.75, 3.05) is 5.32 Å². The molecule has 0 aliphatic rings. The Bertz CT molecular complexity index is 844. The van der Waals surface area contributed by atoms with Gasteiger partial charge in [-0.25, -0.2) is 4.98 Å². The van der Waals surface area contributed by atoms with E-state index < -0.39 is 0 Å². The quantitative estimate of drug-likeness (QED) is 0.711. The lowest BCUT2D eigenvalue weighted by Gasteiger charge is -2.04. The van der Waals surface area contributed by atoms with E-state index in [-0.39, 0.29) is 0 Å². The zero-order chi connectivity index (χ0) is 15.5. The second kappa shape index (κ2) is 5.74. The van der Waals surface area contributed by atoms with Crippen molar-refractivity contribution in [1.29, 1.82) is 5.26 Å². The van der Waals surface area contributed by atoms with Crippen LogP contribution in [0.15, 0.2) is 48.7 Å². The Morgan fingerprint density at radius 1 is 1.18 bits per heavy atom. The first-order valence-corrected chi connectivity index (χ1v) is 7.06. The summed E-state index contributed by atoms with van der Waals surface area (Å²) in [6, 6.07) is 16.1. The molecule has 0 aliphatic heterocycles. The molecule has 3 rings (SSSR count). The molecular formula is C18H16N4. The van der Waals surface area contributed by atoms with Gasteiger partial charge >= 0.3 is 0 Å². The number of benzene rings is 2. The molecule has 0 saturated carbocycles. The Labute approximate surface area is 129 Å². The molecular weight excluding hydrogens is 272 g/mol. The van der Waals surface area contributed by atoms with Gasteiger partial charge < -0.3 is 10.3 Å². The van der Waals surface area contributed by atoms with E-state index in [4.69, 9.17) is 0 Å². The summed E-state index contributed by atoms with van der Waals surface area (Å²) in [5.74, 6) is 0.570. The lowest BCUT2D eigenvalue weighted by atomic mass is 10.1. The van der Waals surface area contributed by atoms with Gasteiger partial charge in [0.05, 0.1) is 11.0 Å². The number of aromatic amines is 1. The van der Waals surface area contributed by atoms with Crippen molar-refractivity contribution in [3.8, 4) is 6.07 Å². The largest absolute Gasteiger partial charge is 0.360 e. The van der Waals surface area contributed by atoms with Crippen LogP contribution in [0.3, 0.4) is 0 Å². The normalized spacial score (nSPS) is 11.4. The fraction of sp³-hybridized carbons (Fsp3) is 0.111. The molecule has 0 aliphatic carbocycles. The maximum absolute atomic E-state index is 9.37. The van der Waals surface area contributed by atoms with Crippen molar-refractivity contribution in [1.82, 2.24) is 9.97 Å². The highest BCUT2D eigenvalue weighted by atomic mass is 14.9. The number of hydrogen-bond donors (Lipinski definition) is 2. The number of anilines is 1. The van der Waals surface area contributed by atoms with E-state index in [9.17, 15) is 5.26 Å². The first kappa shape index (κ1) is 13.9. The maximum Gasteiger partial charge on any atom is 0.150 e. The van der Waals surface area contributed by atoms with E-state index in [1.807, 2.05) is 50.2 Å². The van der Waals surface area contributed by atoms with Gasteiger partial charge in [-0.15, -0.1) is 0 Å². The Morgan fingerprint density at radius 3 is 2.59 bits per heavy atom. The van der Waals surface area contributed by atoms with Gasteiger partial charge in [-0.05, 0) is 49.2 Å². The van der Waals surface area contributed by atoms with Crippen molar-refractivity contribution in [3.63, 3.8) is 0 Å². The highest BCUT2D eigenvalue weighted by molar-refractivity contribution is 5.82. The number of para-hydroxylation sites is 2. The minimum Gasteiger partial charge on any atom is -0.360 e. The topological polar surface area (TPSA) is 64.5 Å². The lowest BCUT2D eigenvalue weighted by molar-refractivity contribution is 1.27. The molecule has 22 heavy (non-hydrogen) atoms. The number of nitriles is 1. The van der Waals surface area contributed by atoms with Crippen LogP contribution in [0, 0.1) is 25.2 Å². The first-order valence-electron chi connectivity index (χ1n) is 7.06. The van der Waals surface area contributed by atoms with Crippen LogP contribution in [0.1, 0.15) is 17.0 Å². The van der Waals surface area contributed by atoms with Crippen molar-refractivity contribution in [3.05, 3.63) is 65.6 Å². The summed E-state index contributed by atoms with van der Waals surface area (Å²) in [5.41, 5.74) is 5.56. The third kappa shape index (κ3) is 2.84. The van der Waals surface area contributed by atoms with Gasteiger partial charge in [0.25, 0.3) is 0 Å². The molecule has 4 nitrogen and oxygen atoms in total. The molecule has 0 radical (unpaired) electrons. The molecule has 2 N–H and O–H groups in total. The number of allylic oxidation sites excluding steroid dienone is 1. The maximum atomic E-state index is 9.37. The predicted molar refractivity (Wildman–Crippen MR) is 89.2 cm³/mol. The van der Waals surface area contributed by atoms with Gasteiger partial charge in [-0.3, -0.25) is 0 Å². The van der Waals surface area contributed by atoms with E-state index in [1.54, 1.807) is 6.20 Å². The predicted octanol–water partition coefficient (Wildman–Crippen LogP) is 4.16. The Hall–Kier alpha value is -3.06. The fourth-order valence-corrected chi connectivity index (χ4v) is 2.45. The molecule has 0 atom stereocenters. The number of H-pyrrole nitrogens is 1. The molecule has 108 valence electrons. The number of hydrogen-bond acceptors (Lipinski definition) is 3. The van der Waals surface area contributed by atoms with Crippen LogP contribution in [0.2, 0.25) is 0 Å². The lowest BCUT2D eigenvalue weighted by Crippen LogP contribution is -1.93. The van der Waals surface area contributed by atoms with Gasteiger partial charge in [-0.2, -0.15) is 5.26 Å². The molecule has 2 aromatic carbocycles. The minimum absolute atomic E-state index is 0.468. The average Bonchev–Trinajstić information content (AvgIpc) is 2.90. The third-order valence-electron chi connectivity index (χ3n) is 3.37. The number of imidazole rings is 1. The summed E-state index contributed by atoms with van der Waals surface area (Å²) >= 11 is 0. The molecule has 0 spiro atoms. The van der Waals surface area contributed by atoms with Crippen LogP contribution in [0.4, 0.5) is 5.69 Å². The third-order valence-corrected chi connectivity index (χ3v) is 3.37. The Kier molecular flexibility index (Phi) is 3.63. The Morgan fingerprint density at radius 2 is 1.91 bits per heavy atom. The molecule has 4 heteroatoms. The van der Waals surface area contributed by atoms with Crippen LogP contribution in [0.5, 0.6) is 0 Å². The molecule has 0 saturated heterocycles. The number of nitrogens with one attached hydrogen (secondary N) is 2. The monoisotopic (exact) mass is 288 g/mol. The van der Waals surface area contributed by atoms with Crippen molar-refractivity contribution in [2.45, 2.75) is 13.8 Å². The summed E-state index contributed by atoms with van der Waals surface area (Å²) in [7, 11) is 0. The van der Waals surface area contributed by atoms with Crippen molar-refractivity contribution in [2.24, 2.45) is 0 Å². The zero-order valence-corrected chi connectivity index (χ0v) is 12.5. The van der Waals surface area contributed by atoms with E-state index in [1.165, 1.54) is 11.1 Å². The fourth-order valence-electron chi connectivity index (χ4n) is 2.45. The minimum atomic E-state index is 0.468. The average molecular weight is 288 g/mol. The van der Waals surface area contributed by atoms with Gasteiger partial charge in [-0.1, -0.05) is 18.2 Å². The van der Waals surface area contributed by atoms with Gasteiger partial charge in [0.15, 0.2) is 5.82 Å².